The van der Waals surface area contributed by atoms with Crippen LogP contribution in [0.2, 0.25) is 0 Å². The van der Waals surface area contributed by atoms with Crippen LogP contribution in [0.25, 0.3) is 0 Å². The zero-order chi connectivity index (χ0) is 16.7. The molecule has 8 heteroatoms. The number of nitrogens with one attached hydrogen (secondary N) is 3. The van der Waals surface area contributed by atoms with Crippen molar-refractivity contribution in [3.8, 4) is 0 Å². The first-order valence-corrected chi connectivity index (χ1v) is 9.49. The van der Waals surface area contributed by atoms with E-state index in [9.17, 15) is 13.2 Å². The molecule has 136 valence electrons. The van der Waals surface area contributed by atoms with E-state index in [1.54, 1.807) is 24.3 Å². The third-order valence-electron chi connectivity index (χ3n) is 4.01. The number of hydrogen-bond donors (Lipinski definition) is 3. The molecule has 1 aliphatic rings. The largest absolute Gasteiger partial charge is 0.355 e. The normalized spacial score (nSPS) is 17.3. The van der Waals surface area contributed by atoms with Crippen molar-refractivity contribution in [2.24, 2.45) is 5.92 Å². The van der Waals surface area contributed by atoms with Gasteiger partial charge >= 0.3 is 0 Å². The Morgan fingerprint density at radius 2 is 1.96 bits per heavy atom. The molecule has 2 rings (SSSR count). The first-order chi connectivity index (χ1) is 11.0. The molecule has 1 aromatic carbocycles. The fraction of sp³-hybridized carbons (Fsp3) is 0.562. The fourth-order valence-corrected chi connectivity index (χ4v) is 3.60. The van der Waals surface area contributed by atoms with E-state index in [-0.39, 0.29) is 29.8 Å². The minimum absolute atomic E-state index is 0. The predicted molar refractivity (Wildman–Crippen MR) is 96.8 cm³/mol. The lowest BCUT2D eigenvalue weighted by atomic mass is 10.0. The maximum Gasteiger partial charge on any atom is 0.240 e. The highest BCUT2D eigenvalue weighted by Crippen LogP contribution is 2.13. The minimum atomic E-state index is -3.51. The van der Waals surface area contributed by atoms with Crippen molar-refractivity contribution in [3.63, 3.8) is 0 Å². The summed E-state index contributed by atoms with van der Waals surface area (Å²) < 4.78 is 26.6. The van der Waals surface area contributed by atoms with Gasteiger partial charge in [0.15, 0.2) is 0 Å². The number of sulfonamides is 1. The summed E-state index contributed by atoms with van der Waals surface area (Å²) in [5.74, 6) is 0.562. The monoisotopic (exact) mass is 375 g/mol. The molecule has 0 aliphatic carbocycles. The lowest BCUT2D eigenvalue weighted by Gasteiger charge is -2.10. The first kappa shape index (κ1) is 20.9. The number of benzene rings is 1. The van der Waals surface area contributed by atoms with Crippen LogP contribution in [0.5, 0.6) is 0 Å². The Bertz CT molecular complexity index is 614. The van der Waals surface area contributed by atoms with Gasteiger partial charge in [0, 0.05) is 19.5 Å². The van der Waals surface area contributed by atoms with Crippen LogP contribution in [0.4, 0.5) is 0 Å². The van der Waals surface area contributed by atoms with Crippen LogP contribution in [0, 0.1) is 12.8 Å². The van der Waals surface area contributed by atoms with E-state index in [4.69, 9.17) is 0 Å². The van der Waals surface area contributed by atoms with Gasteiger partial charge in [-0.05, 0) is 50.9 Å². The molecule has 1 aromatic rings. The fourth-order valence-electron chi connectivity index (χ4n) is 2.57. The molecule has 0 bridgehead atoms. The van der Waals surface area contributed by atoms with Crippen LogP contribution in [-0.2, 0) is 14.8 Å². The summed E-state index contributed by atoms with van der Waals surface area (Å²) in [6.07, 6.45) is 2.51. The van der Waals surface area contributed by atoms with Gasteiger partial charge in [0.05, 0.1) is 4.90 Å². The summed E-state index contributed by atoms with van der Waals surface area (Å²) in [5.41, 5.74) is 1.01. The van der Waals surface area contributed by atoms with Crippen molar-refractivity contribution in [3.05, 3.63) is 29.8 Å². The topological polar surface area (TPSA) is 87.3 Å². The Labute approximate surface area is 150 Å². The molecular weight excluding hydrogens is 350 g/mol. The van der Waals surface area contributed by atoms with Gasteiger partial charge in [-0.15, -0.1) is 12.4 Å². The van der Waals surface area contributed by atoms with Crippen molar-refractivity contribution in [1.29, 1.82) is 0 Å². The van der Waals surface area contributed by atoms with Gasteiger partial charge in [-0.25, -0.2) is 13.1 Å². The Morgan fingerprint density at radius 1 is 1.25 bits per heavy atom. The van der Waals surface area contributed by atoms with E-state index >= 15 is 0 Å². The molecule has 1 unspecified atom stereocenters. The van der Waals surface area contributed by atoms with E-state index in [0.717, 1.165) is 31.5 Å². The molecule has 0 spiro atoms. The average molecular weight is 376 g/mol. The van der Waals surface area contributed by atoms with Gasteiger partial charge in [-0.2, -0.15) is 0 Å². The zero-order valence-corrected chi connectivity index (χ0v) is 15.5. The molecule has 1 atom stereocenters. The molecule has 1 heterocycles. The number of hydrogen-bond acceptors (Lipinski definition) is 4. The van der Waals surface area contributed by atoms with E-state index in [0.29, 0.717) is 18.9 Å². The number of carbonyl (C=O) groups excluding carboxylic acids is 1. The standard InChI is InChI=1S/C16H25N3O3S.ClH/c1-13-2-5-15(6-3-13)23(21,22)19-11-10-18-16(20)7-4-14-8-9-17-12-14;/h2-3,5-6,14,17,19H,4,7-12H2,1H3,(H,18,20);1H. The Hall–Kier alpha value is -1.15. The van der Waals surface area contributed by atoms with Crippen LogP contribution in [0.1, 0.15) is 24.8 Å². The van der Waals surface area contributed by atoms with Gasteiger partial charge in [-0.3, -0.25) is 4.79 Å². The summed E-state index contributed by atoms with van der Waals surface area (Å²) in [5, 5.41) is 6.03. The highest BCUT2D eigenvalue weighted by atomic mass is 35.5. The van der Waals surface area contributed by atoms with Crippen molar-refractivity contribution in [2.45, 2.75) is 31.1 Å². The molecule has 0 aromatic heterocycles. The molecule has 1 fully saturated rings. The summed E-state index contributed by atoms with van der Waals surface area (Å²) in [6, 6.07) is 6.67. The van der Waals surface area contributed by atoms with Crippen LogP contribution in [0.15, 0.2) is 29.2 Å². The van der Waals surface area contributed by atoms with Gasteiger partial charge in [0.25, 0.3) is 0 Å². The number of rotatable bonds is 8. The van der Waals surface area contributed by atoms with Gasteiger partial charge in [0.1, 0.15) is 0 Å². The molecule has 24 heavy (non-hydrogen) atoms. The highest BCUT2D eigenvalue weighted by molar-refractivity contribution is 7.89. The molecule has 1 saturated heterocycles. The SMILES string of the molecule is Cc1ccc(S(=O)(=O)NCCNC(=O)CCC2CCNC2)cc1.Cl. The summed E-state index contributed by atoms with van der Waals surface area (Å²) in [4.78, 5) is 12.0. The second-order valence-electron chi connectivity index (χ2n) is 5.96. The number of halogens is 1. The van der Waals surface area contributed by atoms with Crippen LogP contribution in [-0.4, -0.2) is 40.5 Å². The van der Waals surface area contributed by atoms with Crippen LogP contribution in [0.3, 0.4) is 0 Å². The molecular formula is C16H26ClN3O3S. The molecule has 6 nitrogen and oxygen atoms in total. The van der Waals surface area contributed by atoms with Gasteiger partial charge in [-0.1, -0.05) is 17.7 Å². The van der Waals surface area contributed by atoms with E-state index in [1.165, 1.54) is 0 Å². The molecule has 1 aliphatic heterocycles. The second-order valence-corrected chi connectivity index (χ2v) is 7.73. The van der Waals surface area contributed by atoms with Crippen molar-refractivity contribution >= 4 is 28.3 Å². The first-order valence-electron chi connectivity index (χ1n) is 8.01. The number of amides is 1. The lowest BCUT2D eigenvalue weighted by Crippen LogP contribution is -2.34. The maximum absolute atomic E-state index is 12.1. The summed E-state index contributed by atoms with van der Waals surface area (Å²) in [7, 11) is -3.51. The summed E-state index contributed by atoms with van der Waals surface area (Å²) >= 11 is 0. The molecule has 1 amide bonds. The van der Waals surface area contributed by atoms with Crippen molar-refractivity contribution in [1.82, 2.24) is 15.4 Å². The number of aryl methyl sites for hydroxylation is 1. The third kappa shape index (κ3) is 6.76. The van der Waals surface area contributed by atoms with E-state index < -0.39 is 10.0 Å². The third-order valence-corrected chi connectivity index (χ3v) is 5.49. The Balaban J connectivity index is 0.00000288. The van der Waals surface area contributed by atoms with Crippen LogP contribution < -0.4 is 15.4 Å². The zero-order valence-electron chi connectivity index (χ0n) is 13.9. The lowest BCUT2D eigenvalue weighted by molar-refractivity contribution is -0.121. The van der Waals surface area contributed by atoms with Gasteiger partial charge < -0.3 is 10.6 Å². The van der Waals surface area contributed by atoms with E-state index in [1.807, 2.05) is 6.92 Å². The second kappa shape index (κ2) is 9.98. The molecule has 3 N–H and O–H groups in total. The predicted octanol–water partition coefficient (Wildman–Crippen LogP) is 1.20. The maximum atomic E-state index is 12.1. The van der Waals surface area contributed by atoms with Crippen molar-refractivity contribution < 1.29 is 13.2 Å². The summed E-state index contributed by atoms with van der Waals surface area (Å²) in [6.45, 7) is 4.41. The quantitative estimate of drug-likeness (QED) is 0.596. The smallest absolute Gasteiger partial charge is 0.240 e. The van der Waals surface area contributed by atoms with Crippen LogP contribution >= 0.6 is 12.4 Å². The molecule has 0 saturated carbocycles. The number of carbonyl (C=O) groups is 1. The Morgan fingerprint density at radius 3 is 2.58 bits per heavy atom. The Kier molecular flexibility index (Phi) is 8.69. The minimum Gasteiger partial charge on any atom is -0.355 e. The van der Waals surface area contributed by atoms with Crippen molar-refractivity contribution in [2.75, 3.05) is 26.2 Å². The average Bonchev–Trinajstić information content (AvgIpc) is 3.03. The van der Waals surface area contributed by atoms with Gasteiger partial charge in [0.2, 0.25) is 15.9 Å². The van der Waals surface area contributed by atoms with E-state index in [2.05, 4.69) is 15.4 Å². The highest BCUT2D eigenvalue weighted by Gasteiger charge is 2.16. The molecule has 0 radical (unpaired) electrons.